The number of aromatic nitrogens is 1. The Balaban J connectivity index is 1.61. The Labute approximate surface area is 144 Å². The van der Waals surface area contributed by atoms with Crippen molar-refractivity contribution < 1.29 is 22.7 Å². The largest absolute Gasteiger partial charge is 0.433 e. The molecule has 2 aliphatic heterocycles. The number of hydrogen-bond donors (Lipinski definition) is 1. The zero-order chi connectivity index (χ0) is 17.9. The van der Waals surface area contributed by atoms with E-state index in [2.05, 4.69) is 15.2 Å². The first-order valence-electron chi connectivity index (χ1n) is 8.60. The van der Waals surface area contributed by atoms with E-state index in [0.717, 1.165) is 51.6 Å². The summed E-state index contributed by atoms with van der Waals surface area (Å²) in [4.78, 5) is 18.2. The van der Waals surface area contributed by atoms with Gasteiger partial charge in [-0.25, -0.2) is 4.98 Å². The molecule has 2 aliphatic rings. The lowest BCUT2D eigenvalue weighted by molar-refractivity contribution is -0.141. The van der Waals surface area contributed by atoms with Crippen LogP contribution in [-0.4, -0.2) is 48.1 Å². The molecule has 25 heavy (non-hydrogen) atoms. The minimum absolute atomic E-state index is 0.0576. The van der Waals surface area contributed by atoms with Gasteiger partial charge in [-0.3, -0.25) is 9.69 Å². The van der Waals surface area contributed by atoms with Crippen LogP contribution in [0.25, 0.3) is 0 Å². The summed E-state index contributed by atoms with van der Waals surface area (Å²) in [6.07, 6.45) is -0.922. The Hall–Kier alpha value is -1.67. The SMILES string of the molecule is O=C(Nc1cccc(C(F)(F)F)n1)[C@@H]1CCCN1CC1CCOCC1. The predicted molar refractivity (Wildman–Crippen MR) is 86.0 cm³/mol. The molecule has 1 N–H and O–H groups in total. The van der Waals surface area contributed by atoms with Crippen LogP contribution in [0.15, 0.2) is 18.2 Å². The number of hydrogen-bond acceptors (Lipinski definition) is 4. The summed E-state index contributed by atoms with van der Waals surface area (Å²) in [5.74, 6) is 0.169. The van der Waals surface area contributed by atoms with Gasteiger partial charge >= 0.3 is 6.18 Å². The second-order valence-corrected chi connectivity index (χ2v) is 6.60. The maximum Gasteiger partial charge on any atom is 0.433 e. The number of alkyl halides is 3. The fourth-order valence-electron chi connectivity index (χ4n) is 3.47. The molecule has 0 unspecified atom stereocenters. The van der Waals surface area contributed by atoms with Crippen LogP contribution < -0.4 is 5.32 Å². The Morgan fingerprint density at radius 2 is 2.04 bits per heavy atom. The highest BCUT2D eigenvalue weighted by molar-refractivity contribution is 5.94. The van der Waals surface area contributed by atoms with Gasteiger partial charge in [-0.2, -0.15) is 13.2 Å². The van der Waals surface area contributed by atoms with Crippen LogP contribution in [0.2, 0.25) is 0 Å². The molecule has 0 bridgehead atoms. The molecule has 138 valence electrons. The van der Waals surface area contributed by atoms with E-state index < -0.39 is 11.9 Å². The number of nitrogens with one attached hydrogen (secondary N) is 1. The average Bonchev–Trinajstić information content (AvgIpc) is 3.03. The van der Waals surface area contributed by atoms with E-state index in [9.17, 15) is 18.0 Å². The highest BCUT2D eigenvalue weighted by atomic mass is 19.4. The normalized spacial score (nSPS) is 22.9. The fourth-order valence-corrected chi connectivity index (χ4v) is 3.47. The van der Waals surface area contributed by atoms with E-state index >= 15 is 0 Å². The fraction of sp³-hybridized carbons (Fsp3) is 0.647. The molecule has 3 rings (SSSR count). The highest BCUT2D eigenvalue weighted by Crippen LogP contribution is 2.28. The monoisotopic (exact) mass is 357 g/mol. The van der Waals surface area contributed by atoms with Gasteiger partial charge in [0.05, 0.1) is 6.04 Å². The molecule has 5 nitrogen and oxygen atoms in total. The first-order valence-corrected chi connectivity index (χ1v) is 8.60. The van der Waals surface area contributed by atoms with Crippen molar-refractivity contribution in [3.05, 3.63) is 23.9 Å². The molecule has 1 atom stereocenters. The molecule has 1 aromatic heterocycles. The summed E-state index contributed by atoms with van der Waals surface area (Å²) >= 11 is 0. The molecule has 0 aromatic carbocycles. The van der Waals surface area contributed by atoms with Crippen LogP contribution in [0.4, 0.5) is 19.0 Å². The number of halogens is 3. The van der Waals surface area contributed by atoms with Gasteiger partial charge in [0.2, 0.25) is 5.91 Å². The summed E-state index contributed by atoms with van der Waals surface area (Å²) in [6, 6.07) is 3.21. The van der Waals surface area contributed by atoms with Crippen molar-refractivity contribution in [3.8, 4) is 0 Å². The molecule has 3 heterocycles. The van der Waals surface area contributed by atoms with Gasteiger partial charge in [-0.1, -0.05) is 6.07 Å². The number of ether oxygens (including phenoxy) is 1. The van der Waals surface area contributed by atoms with Crippen LogP contribution in [-0.2, 0) is 15.7 Å². The molecule has 8 heteroatoms. The Bertz CT molecular complexity index is 603. The van der Waals surface area contributed by atoms with Gasteiger partial charge in [-0.05, 0) is 50.3 Å². The standard InChI is InChI=1S/C17H22F3N3O2/c18-17(19,20)14-4-1-5-15(21-14)22-16(24)13-3-2-8-23(13)11-12-6-9-25-10-7-12/h1,4-5,12-13H,2-3,6-11H2,(H,21,22,24)/t13-/m0/s1. The van der Waals surface area contributed by atoms with Crippen LogP contribution in [0.1, 0.15) is 31.4 Å². The number of likely N-dealkylation sites (tertiary alicyclic amines) is 1. The molecule has 0 aliphatic carbocycles. The average molecular weight is 357 g/mol. The zero-order valence-electron chi connectivity index (χ0n) is 13.9. The number of anilines is 1. The van der Waals surface area contributed by atoms with E-state index in [1.165, 1.54) is 12.1 Å². The van der Waals surface area contributed by atoms with Gasteiger partial charge in [0.25, 0.3) is 0 Å². The van der Waals surface area contributed by atoms with Crippen molar-refractivity contribution >= 4 is 11.7 Å². The molecular formula is C17H22F3N3O2. The number of pyridine rings is 1. The molecule has 0 spiro atoms. The topological polar surface area (TPSA) is 54.5 Å². The number of amides is 1. The second kappa shape index (κ2) is 7.70. The predicted octanol–water partition coefficient (Wildman–Crippen LogP) is 2.93. The van der Waals surface area contributed by atoms with Gasteiger partial charge < -0.3 is 10.1 Å². The summed E-state index contributed by atoms with van der Waals surface area (Å²) in [5, 5.41) is 2.55. The summed E-state index contributed by atoms with van der Waals surface area (Å²) in [6.45, 7) is 3.18. The Kier molecular flexibility index (Phi) is 5.58. The second-order valence-electron chi connectivity index (χ2n) is 6.60. The maximum atomic E-state index is 12.7. The van der Waals surface area contributed by atoms with E-state index in [4.69, 9.17) is 4.74 Å². The number of rotatable bonds is 4. The summed E-state index contributed by atoms with van der Waals surface area (Å²) < 4.78 is 43.6. The summed E-state index contributed by atoms with van der Waals surface area (Å²) in [7, 11) is 0. The first-order chi connectivity index (χ1) is 11.9. The van der Waals surface area contributed by atoms with Gasteiger partial charge in [-0.15, -0.1) is 0 Å². The quantitative estimate of drug-likeness (QED) is 0.900. The van der Waals surface area contributed by atoms with E-state index in [-0.39, 0.29) is 17.8 Å². The maximum absolute atomic E-state index is 12.7. The van der Waals surface area contributed by atoms with Gasteiger partial charge in [0, 0.05) is 19.8 Å². The third-order valence-corrected chi connectivity index (χ3v) is 4.79. The molecule has 2 fully saturated rings. The number of carbonyl (C=O) groups is 1. The van der Waals surface area contributed by atoms with Crippen molar-refractivity contribution in [2.24, 2.45) is 5.92 Å². The van der Waals surface area contributed by atoms with E-state index in [0.29, 0.717) is 12.3 Å². The number of carbonyl (C=O) groups excluding carboxylic acids is 1. The van der Waals surface area contributed by atoms with Crippen molar-refractivity contribution in [2.45, 2.75) is 37.9 Å². The Morgan fingerprint density at radius 1 is 1.28 bits per heavy atom. The first kappa shape index (κ1) is 18.1. The van der Waals surface area contributed by atoms with E-state index in [1.54, 1.807) is 0 Å². The van der Waals surface area contributed by atoms with Crippen LogP contribution in [0, 0.1) is 5.92 Å². The molecule has 0 radical (unpaired) electrons. The van der Waals surface area contributed by atoms with Crippen molar-refractivity contribution in [2.75, 3.05) is 31.6 Å². The lowest BCUT2D eigenvalue weighted by atomic mass is 9.99. The van der Waals surface area contributed by atoms with Crippen LogP contribution in [0.5, 0.6) is 0 Å². The van der Waals surface area contributed by atoms with Crippen molar-refractivity contribution in [1.82, 2.24) is 9.88 Å². The molecule has 2 saturated heterocycles. The minimum Gasteiger partial charge on any atom is -0.381 e. The lowest BCUT2D eigenvalue weighted by Gasteiger charge is -2.30. The third-order valence-electron chi connectivity index (χ3n) is 4.79. The number of nitrogens with zero attached hydrogens (tertiary/aromatic N) is 2. The molecule has 1 amide bonds. The van der Waals surface area contributed by atoms with Gasteiger partial charge in [0.15, 0.2) is 0 Å². The van der Waals surface area contributed by atoms with Gasteiger partial charge in [0.1, 0.15) is 11.5 Å². The lowest BCUT2D eigenvalue weighted by Crippen LogP contribution is -2.42. The van der Waals surface area contributed by atoms with E-state index in [1.807, 2.05) is 0 Å². The Morgan fingerprint density at radius 3 is 2.76 bits per heavy atom. The van der Waals surface area contributed by atoms with Crippen LogP contribution >= 0.6 is 0 Å². The van der Waals surface area contributed by atoms with Crippen molar-refractivity contribution in [1.29, 1.82) is 0 Å². The summed E-state index contributed by atoms with van der Waals surface area (Å²) in [5.41, 5.74) is -1.00. The molecule has 0 saturated carbocycles. The van der Waals surface area contributed by atoms with Crippen LogP contribution in [0.3, 0.4) is 0 Å². The zero-order valence-corrected chi connectivity index (χ0v) is 13.9. The highest BCUT2D eigenvalue weighted by Gasteiger charge is 2.34. The smallest absolute Gasteiger partial charge is 0.381 e. The molecular weight excluding hydrogens is 335 g/mol. The third kappa shape index (κ3) is 4.70. The molecule has 1 aromatic rings. The van der Waals surface area contributed by atoms with Crippen molar-refractivity contribution in [3.63, 3.8) is 0 Å². The minimum atomic E-state index is -4.52.